The lowest BCUT2D eigenvalue weighted by Crippen LogP contribution is -2.35. The van der Waals surface area contributed by atoms with Gasteiger partial charge in [-0.25, -0.2) is 4.79 Å². The maximum Gasteiger partial charge on any atom is 0.410 e. The lowest BCUT2D eigenvalue weighted by Gasteiger charge is -2.25. The van der Waals surface area contributed by atoms with Crippen LogP contribution in [0.25, 0.3) is 0 Å². The molecule has 2 atom stereocenters. The van der Waals surface area contributed by atoms with Crippen LogP contribution in [-0.4, -0.2) is 36.0 Å². The van der Waals surface area contributed by atoms with E-state index in [9.17, 15) is 9.59 Å². The average Bonchev–Trinajstić information content (AvgIpc) is 2.87. The first-order valence-electron chi connectivity index (χ1n) is 7.49. The molecule has 1 saturated heterocycles. The SMILES string of the molecule is CC(C)(C)OC(=O)N1CCC(C(C=O)c2cccc(Br)c2)C1. The molecule has 4 nitrogen and oxygen atoms in total. The highest BCUT2D eigenvalue weighted by Gasteiger charge is 2.34. The Balaban J connectivity index is 2.05. The number of aldehydes is 1. The number of nitrogens with zero attached hydrogens (tertiary/aromatic N) is 1. The van der Waals surface area contributed by atoms with Gasteiger partial charge in [0, 0.05) is 23.5 Å². The van der Waals surface area contributed by atoms with Crippen LogP contribution in [0.5, 0.6) is 0 Å². The van der Waals surface area contributed by atoms with E-state index in [1.807, 2.05) is 45.0 Å². The van der Waals surface area contributed by atoms with E-state index in [1.165, 1.54) is 0 Å². The molecule has 0 saturated carbocycles. The molecular formula is C17H22BrNO3. The van der Waals surface area contributed by atoms with Crippen LogP contribution in [0, 0.1) is 5.92 Å². The molecule has 2 rings (SSSR count). The van der Waals surface area contributed by atoms with Gasteiger partial charge in [-0.15, -0.1) is 0 Å². The van der Waals surface area contributed by atoms with Crippen LogP contribution in [0.4, 0.5) is 4.79 Å². The van der Waals surface area contributed by atoms with E-state index in [4.69, 9.17) is 4.74 Å². The fourth-order valence-electron chi connectivity index (χ4n) is 2.75. The summed E-state index contributed by atoms with van der Waals surface area (Å²) in [4.78, 5) is 25.4. The zero-order chi connectivity index (χ0) is 16.3. The molecular weight excluding hydrogens is 346 g/mol. The minimum Gasteiger partial charge on any atom is -0.444 e. The Hall–Kier alpha value is -1.36. The van der Waals surface area contributed by atoms with Gasteiger partial charge in [-0.1, -0.05) is 28.1 Å². The largest absolute Gasteiger partial charge is 0.444 e. The van der Waals surface area contributed by atoms with E-state index >= 15 is 0 Å². The summed E-state index contributed by atoms with van der Waals surface area (Å²) in [5.74, 6) is -0.0516. The summed E-state index contributed by atoms with van der Waals surface area (Å²) < 4.78 is 6.36. The standard InChI is InChI=1S/C17H22BrNO3/c1-17(2,3)22-16(21)19-8-7-13(10-19)15(11-20)12-5-4-6-14(18)9-12/h4-6,9,11,13,15H,7-8,10H2,1-3H3. The monoisotopic (exact) mass is 367 g/mol. The van der Waals surface area contributed by atoms with Gasteiger partial charge in [0.2, 0.25) is 0 Å². The van der Waals surface area contributed by atoms with Crippen LogP contribution < -0.4 is 0 Å². The first kappa shape index (κ1) is 17.0. The molecule has 0 N–H and O–H groups in total. The fraction of sp³-hybridized carbons (Fsp3) is 0.529. The molecule has 1 fully saturated rings. The highest BCUT2D eigenvalue weighted by Crippen LogP contribution is 2.32. The molecule has 1 aliphatic rings. The van der Waals surface area contributed by atoms with Gasteiger partial charge in [0.25, 0.3) is 0 Å². The fourth-order valence-corrected chi connectivity index (χ4v) is 3.17. The Morgan fingerprint density at radius 1 is 1.45 bits per heavy atom. The molecule has 0 spiro atoms. The van der Waals surface area contributed by atoms with E-state index in [2.05, 4.69) is 15.9 Å². The van der Waals surface area contributed by atoms with Crippen LogP contribution in [0.2, 0.25) is 0 Å². The molecule has 120 valence electrons. The minimum atomic E-state index is -0.497. The van der Waals surface area contributed by atoms with Crippen LogP contribution in [0.3, 0.4) is 0 Å². The molecule has 1 aromatic rings. The maximum absolute atomic E-state index is 12.1. The second-order valence-corrected chi connectivity index (χ2v) is 7.61. The molecule has 0 aliphatic carbocycles. The molecule has 0 radical (unpaired) electrons. The molecule has 1 amide bonds. The molecule has 5 heteroatoms. The van der Waals surface area contributed by atoms with E-state index in [0.717, 1.165) is 22.7 Å². The summed E-state index contributed by atoms with van der Waals surface area (Å²) in [5.41, 5.74) is 0.490. The number of ether oxygens (including phenoxy) is 1. The van der Waals surface area contributed by atoms with Crippen LogP contribution in [0.15, 0.2) is 28.7 Å². The quantitative estimate of drug-likeness (QED) is 0.758. The van der Waals surface area contributed by atoms with E-state index in [-0.39, 0.29) is 17.9 Å². The number of likely N-dealkylation sites (tertiary alicyclic amines) is 1. The smallest absolute Gasteiger partial charge is 0.410 e. The predicted molar refractivity (Wildman–Crippen MR) is 88.9 cm³/mol. The van der Waals surface area contributed by atoms with Crippen molar-refractivity contribution in [1.82, 2.24) is 4.90 Å². The van der Waals surface area contributed by atoms with Crippen molar-refractivity contribution in [3.63, 3.8) is 0 Å². The van der Waals surface area contributed by atoms with Crippen molar-refractivity contribution in [2.45, 2.75) is 38.7 Å². The normalized spacial score (nSPS) is 19.8. The van der Waals surface area contributed by atoms with Gasteiger partial charge in [-0.05, 0) is 50.8 Å². The van der Waals surface area contributed by atoms with Gasteiger partial charge in [0.05, 0.1) is 0 Å². The molecule has 22 heavy (non-hydrogen) atoms. The first-order chi connectivity index (χ1) is 10.3. The summed E-state index contributed by atoms with van der Waals surface area (Å²) in [6.45, 7) is 6.76. The van der Waals surface area contributed by atoms with E-state index in [0.29, 0.717) is 13.1 Å². The zero-order valence-corrected chi connectivity index (χ0v) is 14.8. The van der Waals surface area contributed by atoms with Crippen LogP contribution in [-0.2, 0) is 9.53 Å². The summed E-state index contributed by atoms with van der Waals surface area (Å²) in [6.07, 6.45) is 1.51. The Morgan fingerprint density at radius 2 is 2.18 bits per heavy atom. The average molecular weight is 368 g/mol. The van der Waals surface area contributed by atoms with Gasteiger partial charge < -0.3 is 14.4 Å². The van der Waals surface area contributed by atoms with Gasteiger partial charge in [-0.3, -0.25) is 0 Å². The topological polar surface area (TPSA) is 46.6 Å². The lowest BCUT2D eigenvalue weighted by atomic mass is 9.86. The maximum atomic E-state index is 12.1. The number of halogens is 1. The Bertz CT molecular complexity index is 553. The molecule has 1 aromatic carbocycles. The van der Waals surface area contributed by atoms with Crippen molar-refractivity contribution in [2.24, 2.45) is 5.92 Å². The molecule has 0 bridgehead atoms. The number of carbonyl (C=O) groups excluding carboxylic acids is 2. The number of hydrogen-bond acceptors (Lipinski definition) is 3. The second-order valence-electron chi connectivity index (χ2n) is 6.69. The zero-order valence-electron chi connectivity index (χ0n) is 13.2. The Labute approximate surface area is 140 Å². The van der Waals surface area contributed by atoms with Crippen molar-refractivity contribution in [2.75, 3.05) is 13.1 Å². The predicted octanol–water partition coefficient (Wildman–Crippen LogP) is 3.99. The van der Waals surface area contributed by atoms with Crippen molar-refractivity contribution in [3.8, 4) is 0 Å². The summed E-state index contributed by atoms with van der Waals surface area (Å²) in [5, 5.41) is 0. The van der Waals surface area contributed by atoms with Gasteiger partial charge in [0.1, 0.15) is 11.9 Å². The van der Waals surface area contributed by atoms with Crippen molar-refractivity contribution in [3.05, 3.63) is 34.3 Å². The number of hydrogen-bond donors (Lipinski definition) is 0. The third kappa shape index (κ3) is 4.32. The Kier molecular flexibility index (Phi) is 5.27. The lowest BCUT2D eigenvalue weighted by molar-refractivity contribution is -0.110. The summed E-state index contributed by atoms with van der Waals surface area (Å²) >= 11 is 3.44. The molecule has 1 heterocycles. The van der Waals surface area contributed by atoms with E-state index in [1.54, 1.807) is 4.90 Å². The summed E-state index contributed by atoms with van der Waals surface area (Å²) in [7, 11) is 0. The third-order valence-electron chi connectivity index (χ3n) is 3.76. The number of benzene rings is 1. The minimum absolute atomic E-state index is 0.138. The third-order valence-corrected chi connectivity index (χ3v) is 4.26. The van der Waals surface area contributed by atoms with Crippen molar-refractivity contribution >= 4 is 28.3 Å². The highest BCUT2D eigenvalue weighted by atomic mass is 79.9. The van der Waals surface area contributed by atoms with Gasteiger partial charge >= 0.3 is 6.09 Å². The van der Waals surface area contributed by atoms with Crippen molar-refractivity contribution in [1.29, 1.82) is 0 Å². The number of amides is 1. The number of carbonyl (C=O) groups is 2. The Morgan fingerprint density at radius 3 is 2.77 bits per heavy atom. The molecule has 0 aromatic heterocycles. The van der Waals surface area contributed by atoms with Crippen LogP contribution in [0.1, 0.15) is 38.7 Å². The molecule has 2 unspecified atom stereocenters. The van der Waals surface area contributed by atoms with E-state index < -0.39 is 5.60 Å². The molecule has 1 aliphatic heterocycles. The van der Waals surface area contributed by atoms with Crippen molar-refractivity contribution < 1.29 is 14.3 Å². The first-order valence-corrected chi connectivity index (χ1v) is 8.28. The highest BCUT2D eigenvalue weighted by molar-refractivity contribution is 9.10. The van der Waals surface area contributed by atoms with Gasteiger partial charge in [-0.2, -0.15) is 0 Å². The number of rotatable bonds is 3. The van der Waals surface area contributed by atoms with Gasteiger partial charge in [0.15, 0.2) is 0 Å². The van der Waals surface area contributed by atoms with Crippen LogP contribution >= 0.6 is 15.9 Å². The summed E-state index contributed by atoms with van der Waals surface area (Å²) in [6, 6.07) is 7.79. The second kappa shape index (κ2) is 6.82.